The highest BCUT2D eigenvalue weighted by atomic mass is 16.5. The third-order valence-corrected chi connectivity index (χ3v) is 1.67. The van der Waals surface area contributed by atoms with Crippen LogP contribution >= 0.6 is 0 Å². The van der Waals surface area contributed by atoms with Gasteiger partial charge in [0.1, 0.15) is 12.4 Å². The SMILES string of the molecule is C1=NC=C(c2ccccc2)OC1. The molecule has 0 aliphatic carbocycles. The fourth-order valence-electron chi connectivity index (χ4n) is 1.09. The first-order valence-electron chi connectivity index (χ1n) is 3.87. The van der Waals surface area contributed by atoms with E-state index in [-0.39, 0.29) is 0 Å². The van der Waals surface area contributed by atoms with Crippen LogP contribution in [0.2, 0.25) is 0 Å². The van der Waals surface area contributed by atoms with Crippen molar-refractivity contribution in [3.8, 4) is 0 Å². The van der Waals surface area contributed by atoms with Crippen molar-refractivity contribution >= 4 is 12.0 Å². The zero-order valence-corrected chi connectivity index (χ0v) is 6.60. The number of benzene rings is 1. The van der Waals surface area contributed by atoms with Crippen LogP contribution in [-0.2, 0) is 4.74 Å². The standard InChI is InChI=1S/C10H9NO/c1-2-4-9(5-3-1)10-8-11-6-7-12-10/h1-6,8H,7H2. The summed E-state index contributed by atoms with van der Waals surface area (Å²) in [5, 5.41) is 0. The molecule has 2 rings (SSSR count). The largest absolute Gasteiger partial charge is 0.486 e. The van der Waals surface area contributed by atoms with E-state index in [1.807, 2.05) is 30.3 Å². The minimum atomic E-state index is 0.570. The van der Waals surface area contributed by atoms with E-state index in [0.29, 0.717) is 6.61 Å². The second-order valence-electron chi connectivity index (χ2n) is 2.50. The highest BCUT2D eigenvalue weighted by Gasteiger charge is 2.02. The number of rotatable bonds is 1. The molecule has 0 radical (unpaired) electrons. The Morgan fingerprint density at radius 2 is 2.00 bits per heavy atom. The molecule has 0 aromatic heterocycles. The van der Waals surface area contributed by atoms with E-state index in [9.17, 15) is 0 Å². The van der Waals surface area contributed by atoms with E-state index in [0.717, 1.165) is 11.3 Å². The van der Waals surface area contributed by atoms with Gasteiger partial charge in [0.2, 0.25) is 0 Å². The van der Waals surface area contributed by atoms with Crippen molar-refractivity contribution in [2.24, 2.45) is 4.99 Å². The summed E-state index contributed by atoms with van der Waals surface area (Å²) < 4.78 is 5.38. The maximum Gasteiger partial charge on any atom is 0.145 e. The van der Waals surface area contributed by atoms with Crippen LogP contribution in [0.25, 0.3) is 5.76 Å². The van der Waals surface area contributed by atoms with Gasteiger partial charge in [-0.2, -0.15) is 0 Å². The minimum absolute atomic E-state index is 0.570. The van der Waals surface area contributed by atoms with Gasteiger partial charge in [0.15, 0.2) is 0 Å². The molecule has 1 aromatic carbocycles. The zero-order valence-electron chi connectivity index (χ0n) is 6.60. The fraction of sp³-hybridized carbons (Fsp3) is 0.100. The average molecular weight is 159 g/mol. The molecule has 2 heteroatoms. The van der Waals surface area contributed by atoms with Gasteiger partial charge in [-0.3, -0.25) is 4.99 Å². The average Bonchev–Trinajstić information content (AvgIpc) is 2.21. The number of nitrogens with zero attached hydrogens (tertiary/aromatic N) is 1. The molecule has 1 aliphatic rings. The lowest BCUT2D eigenvalue weighted by molar-refractivity contribution is 0.332. The summed E-state index contributed by atoms with van der Waals surface area (Å²) in [7, 11) is 0. The maximum absolute atomic E-state index is 5.38. The van der Waals surface area contributed by atoms with Crippen LogP contribution in [0.4, 0.5) is 0 Å². The molecular formula is C10H9NO. The number of aliphatic imine (C=N–C) groups is 1. The summed E-state index contributed by atoms with van der Waals surface area (Å²) >= 11 is 0. The van der Waals surface area contributed by atoms with Crippen molar-refractivity contribution in [3.63, 3.8) is 0 Å². The van der Waals surface area contributed by atoms with Gasteiger partial charge in [-0.1, -0.05) is 30.3 Å². The van der Waals surface area contributed by atoms with Gasteiger partial charge in [-0.25, -0.2) is 0 Å². The van der Waals surface area contributed by atoms with Crippen molar-refractivity contribution in [1.29, 1.82) is 0 Å². The number of ether oxygens (including phenoxy) is 1. The summed E-state index contributed by atoms with van der Waals surface area (Å²) in [4.78, 5) is 4.02. The molecule has 0 unspecified atom stereocenters. The van der Waals surface area contributed by atoms with Gasteiger partial charge in [0, 0.05) is 11.8 Å². The van der Waals surface area contributed by atoms with Crippen molar-refractivity contribution < 1.29 is 4.74 Å². The summed E-state index contributed by atoms with van der Waals surface area (Å²) in [6.45, 7) is 0.570. The highest BCUT2D eigenvalue weighted by molar-refractivity contribution is 5.69. The molecule has 1 heterocycles. The molecule has 1 aliphatic heterocycles. The predicted molar refractivity (Wildman–Crippen MR) is 48.9 cm³/mol. The summed E-state index contributed by atoms with van der Waals surface area (Å²) in [5.74, 6) is 0.845. The van der Waals surface area contributed by atoms with Crippen molar-refractivity contribution in [2.75, 3.05) is 6.61 Å². The third kappa shape index (κ3) is 1.37. The van der Waals surface area contributed by atoms with Crippen LogP contribution in [-0.4, -0.2) is 12.8 Å². The summed E-state index contributed by atoms with van der Waals surface area (Å²) in [6, 6.07) is 9.96. The van der Waals surface area contributed by atoms with E-state index >= 15 is 0 Å². The molecular weight excluding hydrogens is 150 g/mol. The smallest absolute Gasteiger partial charge is 0.145 e. The molecule has 60 valence electrons. The van der Waals surface area contributed by atoms with Crippen LogP contribution in [0.3, 0.4) is 0 Å². The lowest BCUT2D eigenvalue weighted by Gasteiger charge is -2.09. The van der Waals surface area contributed by atoms with Crippen LogP contribution in [0.5, 0.6) is 0 Å². The van der Waals surface area contributed by atoms with Crippen LogP contribution in [0.1, 0.15) is 5.56 Å². The fourth-order valence-corrected chi connectivity index (χ4v) is 1.09. The minimum Gasteiger partial charge on any atom is -0.486 e. The Bertz CT molecular complexity index is 314. The molecule has 0 N–H and O–H groups in total. The van der Waals surface area contributed by atoms with Crippen molar-refractivity contribution in [1.82, 2.24) is 0 Å². The molecule has 2 nitrogen and oxygen atoms in total. The third-order valence-electron chi connectivity index (χ3n) is 1.67. The Kier molecular flexibility index (Phi) is 1.90. The second-order valence-corrected chi connectivity index (χ2v) is 2.50. The van der Waals surface area contributed by atoms with Gasteiger partial charge < -0.3 is 4.74 Å². The topological polar surface area (TPSA) is 21.6 Å². The second kappa shape index (κ2) is 3.22. The predicted octanol–water partition coefficient (Wildman–Crippen LogP) is 2.09. The van der Waals surface area contributed by atoms with Crippen molar-refractivity contribution in [2.45, 2.75) is 0 Å². The molecule has 1 aromatic rings. The first-order chi connectivity index (χ1) is 5.97. The zero-order chi connectivity index (χ0) is 8.23. The molecule has 0 saturated carbocycles. The van der Waals surface area contributed by atoms with Gasteiger partial charge in [-0.05, 0) is 0 Å². The van der Waals surface area contributed by atoms with Crippen LogP contribution in [0, 0.1) is 0 Å². The summed E-state index contributed by atoms with van der Waals surface area (Å²) in [5.41, 5.74) is 1.08. The Hall–Kier alpha value is -1.57. The highest BCUT2D eigenvalue weighted by Crippen LogP contribution is 2.16. The molecule has 0 saturated heterocycles. The molecule has 0 fully saturated rings. The Morgan fingerprint density at radius 3 is 2.67 bits per heavy atom. The summed E-state index contributed by atoms with van der Waals surface area (Å²) in [6.07, 6.45) is 3.48. The lowest BCUT2D eigenvalue weighted by Crippen LogP contribution is -1.99. The molecule has 0 amide bonds. The molecule has 12 heavy (non-hydrogen) atoms. The van der Waals surface area contributed by atoms with E-state index < -0.39 is 0 Å². The van der Waals surface area contributed by atoms with Gasteiger partial charge in [0.05, 0.1) is 6.20 Å². The normalized spacial score (nSPS) is 15.2. The van der Waals surface area contributed by atoms with E-state index in [4.69, 9.17) is 4.74 Å². The monoisotopic (exact) mass is 159 g/mol. The quantitative estimate of drug-likeness (QED) is 0.614. The first kappa shape index (κ1) is 7.10. The van der Waals surface area contributed by atoms with E-state index in [2.05, 4.69) is 4.99 Å². The number of hydrogen-bond acceptors (Lipinski definition) is 2. The van der Waals surface area contributed by atoms with E-state index in [1.165, 1.54) is 0 Å². The lowest BCUT2D eigenvalue weighted by atomic mass is 10.2. The maximum atomic E-state index is 5.38. The van der Waals surface area contributed by atoms with E-state index in [1.54, 1.807) is 12.4 Å². The number of hydrogen-bond donors (Lipinski definition) is 0. The Balaban J connectivity index is 2.31. The van der Waals surface area contributed by atoms with Gasteiger partial charge >= 0.3 is 0 Å². The Labute approximate surface area is 71.2 Å². The Morgan fingerprint density at radius 1 is 1.17 bits per heavy atom. The molecule has 0 spiro atoms. The van der Waals surface area contributed by atoms with Gasteiger partial charge in [0.25, 0.3) is 0 Å². The van der Waals surface area contributed by atoms with Crippen molar-refractivity contribution in [3.05, 3.63) is 42.1 Å². The molecule has 0 bridgehead atoms. The van der Waals surface area contributed by atoms with Crippen LogP contribution < -0.4 is 0 Å². The first-order valence-corrected chi connectivity index (χ1v) is 3.87. The molecule has 0 atom stereocenters. The van der Waals surface area contributed by atoms with Gasteiger partial charge in [-0.15, -0.1) is 0 Å². The van der Waals surface area contributed by atoms with Crippen LogP contribution in [0.15, 0.2) is 41.5 Å².